The van der Waals surface area contributed by atoms with E-state index in [-0.39, 0.29) is 5.91 Å². The summed E-state index contributed by atoms with van der Waals surface area (Å²) in [4.78, 5) is 16.5. The van der Waals surface area contributed by atoms with Crippen molar-refractivity contribution in [3.8, 4) is 0 Å². The Morgan fingerprint density at radius 3 is 2.45 bits per heavy atom. The molecule has 2 aromatic rings. The molecule has 1 aromatic heterocycles. The lowest BCUT2D eigenvalue weighted by atomic mass is 10.1. The van der Waals surface area contributed by atoms with Gasteiger partial charge in [-0.25, -0.2) is 0 Å². The van der Waals surface area contributed by atoms with Crippen molar-refractivity contribution in [2.45, 2.75) is 33.5 Å². The molecule has 0 aliphatic carbocycles. The molecule has 1 aliphatic heterocycles. The molecule has 1 aliphatic rings. The second kappa shape index (κ2) is 8.26. The van der Waals surface area contributed by atoms with Crippen LogP contribution < -0.4 is 4.90 Å². The molecular weight excluding hydrogens is 405 g/mol. The summed E-state index contributed by atoms with van der Waals surface area (Å²) in [5.74, 6) is 0.150. The van der Waals surface area contributed by atoms with Crippen LogP contribution in [0.1, 0.15) is 35.5 Å². The number of hydrogen-bond acceptors (Lipinski definition) is 3. The Hall–Kier alpha value is -2.22. The van der Waals surface area contributed by atoms with Crippen LogP contribution in [0.5, 0.6) is 0 Å². The van der Waals surface area contributed by atoms with E-state index in [2.05, 4.69) is 5.10 Å². The number of hydrogen-bond donors (Lipinski definition) is 0. The summed E-state index contributed by atoms with van der Waals surface area (Å²) in [5.41, 5.74) is 0.820. The van der Waals surface area contributed by atoms with Gasteiger partial charge in [-0.05, 0) is 31.0 Å². The minimum absolute atomic E-state index is 0.189. The van der Waals surface area contributed by atoms with Crippen molar-refractivity contribution in [3.63, 3.8) is 0 Å². The highest BCUT2D eigenvalue weighted by molar-refractivity contribution is 6.33. The van der Waals surface area contributed by atoms with E-state index in [1.165, 1.54) is 6.07 Å². The van der Waals surface area contributed by atoms with E-state index in [9.17, 15) is 18.0 Å². The van der Waals surface area contributed by atoms with Crippen molar-refractivity contribution in [1.29, 1.82) is 0 Å². The average Bonchev–Trinajstić information content (AvgIpc) is 2.93. The SMILES string of the molecule is Cc1nn(CC(C)C)c(Cl)c1C(=O)N1CCN(c2cccc(C(F)(F)F)c2)CC1. The molecule has 0 N–H and O–H groups in total. The molecule has 1 aromatic carbocycles. The number of carbonyl (C=O) groups is 1. The summed E-state index contributed by atoms with van der Waals surface area (Å²) in [6.07, 6.45) is -4.38. The smallest absolute Gasteiger partial charge is 0.368 e. The molecule has 0 saturated carbocycles. The lowest BCUT2D eigenvalue weighted by molar-refractivity contribution is -0.137. The van der Waals surface area contributed by atoms with Gasteiger partial charge in [-0.1, -0.05) is 31.5 Å². The fraction of sp³-hybridized carbons (Fsp3) is 0.500. The molecule has 1 amide bonds. The second-order valence-corrected chi connectivity index (χ2v) is 8.01. The topological polar surface area (TPSA) is 41.4 Å². The molecule has 5 nitrogen and oxygen atoms in total. The zero-order valence-electron chi connectivity index (χ0n) is 16.6. The first-order valence-corrected chi connectivity index (χ1v) is 9.90. The largest absolute Gasteiger partial charge is 0.416 e. The maximum atomic E-state index is 13.0. The predicted octanol–water partition coefficient (Wildman–Crippen LogP) is 4.48. The zero-order chi connectivity index (χ0) is 21.3. The maximum Gasteiger partial charge on any atom is 0.416 e. The first-order chi connectivity index (χ1) is 13.6. The van der Waals surface area contributed by atoms with Gasteiger partial charge < -0.3 is 9.80 Å². The average molecular weight is 429 g/mol. The van der Waals surface area contributed by atoms with E-state index >= 15 is 0 Å². The van der Waals surface area contributed by atoms with Gasteiger partial charge in [-0.2, -0.15) is 18.3 Å². The van der Waals surface area contributed by atoms with E-state index in [1.807, 2.05) is 18.7 Å². The number of anilines is 1. The predicted molar refractivity (Wildman–Crippen MR) is 106 cm³/mol. The van der Waals surface area contributed by atoms with E-state index in [4.69, 9.17) is 11.6 Å². The Bertz CT molecular complexity index is 886. The van der Waals surface area contributed by atoms with E-state index in [0.29, 0.717) is 60.7 Å². The first kappa shape index (κ1) is 21.5. The fourth-order valence-corrected chi connectivity index (χ4v) is 3.79. The highest BCUT2D eigenvalue weighted by atomic mass is 35.5. The first-order valence-electron chi connectivity index (χ1n) is 9.52. The lowest BCUT2D eigenvalue weighted by Gasteiger charge is -2.36. The monoisotopic (exact) mass is 428 g/mol. The van der Waals surface area contributed by atoms with Crippen LogP contribution in [0.15, 0.2) is 24.3 Å². The number of amides is 1. The Labute approximate surface area is 173 Å². The van der Waals surface area contributed by atoms with Gasteiger partial charge in [0, 0.05) is 38.4 Å². The van der Waals surface area contributed by atoms with Gasteiger partial charge in [-0.15, -0.1) is 0 Å². The third-order valence-corrected chi connectivity index (χ3v) is 5.31. The van der Waals surface area contributed by atoms with Gasteiger partial charge in [0.1, 0.15) is 5.15 Å². The van der Waals surface area contributed by atoms with E-state index in [0.717, 1.165) is 12.1 Å². The molecule has 0 bridgehead atoms. The maximum absolute atomic E-state index is 13.0. The molecule has 29 heavy (non-hydrogen) atoms. The number of halogens is 4. The third-order valence-electron chi connectivity index (χ3n) is 4.92. The molecule has 158 valence electrons. The van der Waals surface area contributed by atoms with Crippen LogP contribution in [-0.2, 0) is 12.7 Å². The summed E-state index contributed by atoms with van der Waals surface area (Å²) in [6, 6.07) is 5.27. The highest BCUT2D eigenvalue weighted by Gasteiger charge is 2.32. The molecule has 0 unspecified atom stereocenters. The van der Waals surface area contributed by atoms with Crippen LogP contribution in [0, 0.1) is 12.8 Å². The molecule has 1 saturated heterocycles. The van der Waals surface area contributed by atoms with Crippen molar-refractivity contribution in [2.75, 3.05) is 31.1 Å². The number of aromatic nitrogens is 2. The normalized spacial score (nSPS) is 15.3. The van der Waals surface area contributed by atoms with Crippen molar-refractivity contribution in [2.24, 2.45) is 5.92 Å². The number of alkyl halides is 3. The summed E-state index contributed by atoms with van der Waals surface area (Å²) < 4.78 is 40.5. The summed E-state index contributed by atoms with van der Waals surface area (Å²) in [6.45, 7) is 8.17. The quantitative estimate of drug-likeness (QED) is 0.720. The van der Waals surface area contributed by atoms with E-state index in [1.54, 1.807) is 22.6 Å². The van der Waals surface area contributed by atoms with Crippen LogP contribution in [0.3, 0.4) is 0 Å². The van der Waals surface area contributed by atoms with E-state index < -0.39 is 11.7 Å². The van der Waals surface area contributed by atoms with Gasteiger partial charge in [0.05, 0.1) is 16.8 Å². The van der Waals surface area contributed by atoms with Gasteiger partial charge in [-0.3, -0.25) is 9.48 Å². The Kier molecular flexibility index (Phi) is 6.12. The van der Waals surface area contributed by atoms with Crippen molar-refractivity contribution < 1.29 is 18.0 Å². The standard InChI is InChI=1S/C20H24ClF3N4O/c1-13(2)12-28-18(21)17(14(3)25-28)19(29)27-9-7-26(8-10-27)16-6-4-5-15(11-16)20(22,23)24/h4-6,11,13H,7-10,12H2,1-3H3. The van der Waals surface area contributed by atoms with Gasteiger partial charge in [0.2, 0.25) is 0 Å². The van der Waals surface area contributed by atoms with Crippen LogP contribution in [-0.4, -0.2) is 46.8 Å². The van der Waals surface area contributed by atoms with Crippen LogP contribution >= 0.6 is 11.6 Å². The van der Waals surface area contributed by atoms with Gasteiger partial charge in [0.25, 0.3) is 5.91 Å². The van der Waals surface area contributed by atoms with Crippen LogP contribution in [0.25, 0.3) is 0 Å². The number of aryl methyl sites for hydroxylation is 1. The molecule has 0 spiro atoms. The third kappa shape index (κ3) is 4.69. The molecule has 2 heterocycles. The molecule has 0 atom stereocenters. The second-order valence-electron chi connectivity index (χ2n) is 7.65. The molecular formula is C20H24ClF3N4O. The van der Waals surface area contributed by atoms with Gasteiger partial charge >= 0.3 is 6.18 Å². The Balaban J connectivity index is 1.70. The van der Waals surface area contributed by atoms with Crippen LogP contribution in [0.4, 0.5) is 18.9 Å². The molecule has 3 rings (SSSR count). The van der Waals surface area contributed by atoms with Crippen LogP contribution in [0.2, 0.25) is 5.15 Å². The van der Waals surface area contributed by atoms with Crippen molar-refractivity contribution in [1.82, 2.24) is 14.7 Å². The minimum atomic E-state index is -4.38. The Morgan fingerprint density at radius 1 is 1.21 bits per heavy atom. The number of piperazine rings is 1. The van der Waals surface area contributed by atoms with Crippen molar-refractivity contribution >= 4 is 23.2 Å². The Morgan fingerprint density at radius 2 is 1.86 bits per heavy atom. The molecule has 1 fully saturated rings. The summed E-state index contributed by atoms with van der Waals surface area (Å²) >= 11 is 6.41. The highest BCUT2D eigenvalue weighted by Crippen LogP contribution is 2.32. The fourth-order valence-electron chi connectivity index (χ4n) is 3.47. The summed E-state index contributed by atoms with van der Waals surface area (Å²) in [7, 11) is 0. The number of nitrogens with zero attached hydrogens (tertiary/aromatic N) is 4. The van der Waals surface area contributed by atoms with Crippen molar-refractivity contribution in [3.05, 3.63) is 46.2 Å². The molecule has 9 heteroatoms. The zero-order valence-corrected chi connectivity index (χ0v) is 17.4. The summed E-state index contributed by atoms with van der Waals surface area (Å²) in [5, 5.41) is 4.72. The number of carbonyl (C=O) groups excluding carboxylic acids is 1. The lowest BCUT2D eigenvalue weighted by Crippen LogP contribution is -2.49. The number of benzene rings is 1. The molecule has 0 radical (unpaired) electrons. The minimum Gasteiger partial charge on any atom is -0.368 e. The van der Waals surface area contributed by atoms with Gasteiger partial charge in [0.15, 0.2) is 0 Å². The number of rotatable bonds is 4.